The molecular weight excluding hydrogens is 456 g/mol. The molecule has 2 heterocycles. The summed E-state index contributed by atoms with van der Waals surface area (Å²) in [4.78, 5) is 8.68. The van der Waals surface area contributed by atoms with Crippen LogP contribution in [-0.2, 0) is 0 Å². The van der Waals surface area contributed by atoms with Gasteiger partial charge in [-0.2, -0.15) is 10.2 Å². The number of fused-ring (bicyclic) bond motifs is 5. The van der Waals surface area contributed by atoms with Crippen molar-refractivity contribution < 1.29 is 10.2 Å². The molecule has 0 aromatic rings. The number of rotatable bonds is 3. The van der Waals surface area contributed by atoms with Crippen LogP contribution in [0.5, 0.6) is 0 Å². The molecule has 6 N–H and O–H groups in total. The monoisotopic (exact) mass is 498 g/mol. The van der Waals surface area contributed by atoms with Crippen molar-refractivity contribution in [3.63, 3.8) is 0 Å². The van der Waals surface area contributed by atoms with Crippen LogP contribution in [0.3, 0.4) is 0 Å². The number of guanidine groups is 2. The summed E-state index contributed by atoms with van der Waals surface area (Å²) in [6.07, 6.45) is 9.89. The molecule has 2 unspecified atom stereocenters. The van der Waals surface area contributed by atoms with Gasteiger partial charge in [0.05, 0.1) is 24.9 Å². The van der Waals surface area contributed by atoms with Crippen molar-refractivity contribution in [2.75, 3.05) is 26.2 Å². The number of nitrogens with zero attached hydrogens (tertiary/aromatic N) is 4. The highest BCUT2D eigenvalue weighted by Crippen LogP contribution is 2.69. The summed E-state index contributed by atoms with van der Waals surface area (Å²) in [5, 5.41) is 39.6. The van der Waals surface area contributed by atoms with Crippen LogP contribution in [0, 0.1) is 28.6 Å². The first-order valence-corrected chi connectivity index (χ1v) is 13.9. The maximum atomic E-state index is 12.3. The third-order valence-electron chi connectivity index (χ3n) is 11.0. The van der Waals surface area contributed by atoms with E-state index in [1.807, 2.05) is 0 Å². The number of hydrogen-bond donors (Lipinski definition) is 6. The van der Waals surface area contributed by atoms with E-state index in [2.05, 4.69) is 50.4 Å². The van der Waals surface area contributed by atoms with Crippen LogP contribution in [0.15, 0.2) is 20.2 Å². The summed E-state index contributed by atoms with van der Waals surface area (Å²) in [7, 11) is 0. The number of aliphatic imine (C=N–C) groups is 2. The van der Waals surface area contributed by atoms with E-state index in [0.717, 1.165) is 77.1 Å². The minimum atomic E-state index is -1.13. The van der Waals surface area contributed by atoms with Crippen LogP contribution in [0.25, 0.3) is 0 Å². The Bertz CT molecular complexity index is 1010. The zero-order valence-electron chi connectivity index (χ0n) is 21.7. The highest BCUT2D eigenvalue weighted by molar-refractivity contribution is 5.88. The molecule has 0 spiro atoms. The Hall–Kier alpha value is -2.20. The van der Waals surface area contributed by atoms with Crippen LogP contribution >= 0.6 is 0 Å². The van der Waals surface area contributed by atoms with Crippen LogP contribution in [0.1, 0.15) is 71.6 Å². The summed E-state index contributed by atoms with van der Waals surface area (Å²) in [5.74, 6) is 2.70. The highest BCUT2D eigenvalue weighted by Gasteiger charge is 2.71. The van der Waals surface area contributed by atoms with Gasteiger partial charge >= 0.3 is 0 Å². The second kappa shape index (κ2) is 8.68. The smallest absolute Gasteiger partial charge is 0.212 e. The molecule has 0 aromatic heterocycles. The summed E-state index contributed by atoms with van der Waals surface area (Å²) >= 11 is 0. The molecule has 10 heteroatoms. The Balaban J connectivity index is 1.18. The van der Waals surface area contributed by atoms with Crippen molar-refractivity contribution in [3.05, 3.63) is 0 Å². The molecule has 4 fully saturated rings. The molecule has 10 nitrogen and oxygen atoms in total. The third kappa shape index (κ3) is 3.58. The normalized spacial score (nSPS) is 46.9. The van der Waals surface area contributed by atoms with Gasteiger partial charge in [-0.3, -0.25) is 0 Å². The van der Waals surface area contributed by atoms with E-state index in [9.17, 15) is 10.2 Å². The average Bonchev–Trinajstić information content (AvgIpc) is 3.61. The van der Waals surface area contributed by atoms with E-state index in [1.54, 1.807) is 6.21 Å². The van der Waals surface area contributed by atoms with E-state index in [1.165, 1.54) is 5.71 Å². The molecule has 4 aliphatic carbocycles. The largest absolute Gasteiger partial charge is 0.389 e. The second-order valence-corrected chi connectivity index (χ2v) is 12.4. The van der Waals surface area contributed by atoms with Gasteiger partial charge in [0.25, 0.3) is 0 Å². The van der Waals surface area contributed by atoms with Gasteiger partial charge in [0.15, 0.2) is 0 Å². The predicted octanol–water partition coefficient (Wildman–Crippen LogP) is 1.31. The minimum Gasteiger partial charge on any atom is -0.389 e. The Morgan fingerprint density at radius 2 is 1.67 bits per heavy atom. The maximum Gasteiger partial charge on any atom is 0.212 e. The Morgan fingerprint density at radius 3 is 2.39 bits per heavy atom. The third-order valence-corrected chi connectivity index (χ3v) is 11.0. The molecule has 0 aromatic carbocycles. The molecule has 0 radical (unpaired) electrons. The summed E-state index contributed by atoms with van der Waals surface area (Å²) in [6.45, 7) is 7.79. The van der Waals surface area contributed by atoms with E-state index in [4.69, 9.17) is 5.10 Å². The predicted molar refractivity (Wildman–Crippen MR) is 141 cm³/mol. The lowest BCUT2D eigenvalue weighted by molar-refractivity contribution is -0.218. The van der Waals surface area contributed by atoms with Gasteiger partial charge in [0.1, 0.15) is 5.60 Å². The van der Waals surface area contributed by atoms with Gasteiger partial charge in [-0.25, -0.2) is 20.8 Å². The van der Waals surface area contributed by atoms with Gasteiger partial charge < -0.3 is 20.8 Å². The first-order chi connectivity index (χ1) is 17.3. The lowest BCUT2D eigenvalue weighted by Gasteiger charge is -2.63. The average molecular weight is 499 g/mol. The van der Waals surface area contributed by atoms with E-state index >= 15 is 0 Å². The first kappa shape index (κ1) is 24.2. The molecule has 198 valence electrons. The fourth-order valence-electron chi connectivity index (χ4n) is 8.67. The molecule has 0 bridgehead atoms. The molecule has 7 atom stereocenters. The van der Waals surface area contributed by atoms with Crippen LogP contribution in [0.2, 0.25) is 0 Å². The van der Waals surface area contributed by atoms with Crippen molar-refractivity contribution in [1.29, 1.82) is 0 Å². The van der Waals surface area contributed by atoms with Gasteiger partial charge in [-0.05, 0) is 81.0 Å². The van der Waals surface area contributed by atoms with Crippen LogP contribution in [-0.4, -0.2) is 71.4 Å². The summed E-state index contributed by atoms with van der Waals surface area (Å²) in [5.41, 5.74) is 4.88. The molecule has 6 rings (SSSR count). The van der Waals surface area contributed by atoms with Crippen LogP contribution < -0.4 is 21.5 Å². The molecule has 0 saturated heterocycles. The number of hydrazone groups is 2. The molecule has 2 aliphatic heterocycles. The van der Waals surface area contributed by atoms with Crippen LogP contribution in [0.4, 0.5) is 0 Å². The van der Waals surface area contributed by atoms with Gasteiger partial charge in [-0.1, -0.05) is 13.8 Å². The topological polar surface area (TPSA) is 138 Å². The minimum absolute atomic E-state index is 0.199. The Labute approximate surface area is 213 Å². The fourth-order valence-corrected chi connectivity index (χ4v) is 8.67. The second-order valence-electron chi connectivity index (χ2n) is 12.4. The van der Waals surface area contributed by atoms with E-state index in [0.29, 0.717) is 30.6 Å². The first-order valence-electron chi connectivity index (χ1n) is 13.9. The lowest BCUT2D eigenvalue weighted by Crippen LogP contribution is -2.65. The van der Waals surface area contributed by atoms with Crippen molar-refractivity contribution in [2.24, 2.45) is 48.8 Å². The molecular formula is C26H42N8O2. The van der Waals surface area contributed by atoms with Crippen molar-refractivity contribution in [1.82, 2.24) is 21.5 Å². The van der Waals surface area contributed by atoms with Crippen molar-refractivity contribution >= 4 is 23.8 Å². The molecule has 6 aliphatic rings. The number of aliphatic hydroxyl groups is 2. The Morgan fingerprint density at radius 1 is 0.917 bits per heavy atom. The molecule has 0 amide bonds. The standard InChI is InChI=1S/C26H42N8O2/c1-23-7-5-18(32-34-22-29-13-14-30-22)15-17(23)3-4-20-19(23)6-8-24(2)25(35,9-10-26(20,24)36)16-31-33-21-27-11-12-28-21/h16-17,19-20,35-36H,3-15H2,1-2H3,(H2,27,28,33)(H2,29,30,34)/t17?,19-,20-,23+,24-,25?,26-/m1/s1. The lowest BCUT2D eigenvalue weighted by atomic mass is 9.43. The van der Waals surface area contributed by atoms with Crippen molar-refractivity contribution in [2.45, 2.75) is 82.8 Å². The Kier molecular flexibility index (Phi) is 5.83. The number of hydrogen-bond acceptors (Lipinski definition) is 10. The highest BCUT2D eigenvalue weighted by atomic mass is 16.3. The summed E-state index contributed by atoms with van der Waals surface area (Å²) in [6, 6.07) is 0. The zero-order chi connectivity index (χ0) is 25.0. The van der Waals surface area contributed by atoms with Gasteiger partial charge in [0, 0.05) is 24.2 Å². The van der Waals surface area contributed by atoms with Crippen molar-refractivity contribution in [3.8, 4) is 0 Å². The van der Waals surface area contributed by atoms with Gasteiger partial charge in [0.2, 0.25) is 11.9 Å². The quantitative estimate of drug-likeness (QED) is 0.256. The van der Waals surface area contributed by atoms with E-state index in [-0.39, 0.29) is 11.3 Å². The summed E-state index contributed by atoms with van der Waals surface area (Å²) < 4.78 is 0. The van der Waals surface area contributed by atoms with E-state index < -0.39 is 16.6 Å². The fraction of sp³-hybridized carbons (Fsp3) is 0.846. The molecule has 36 heavy (non-hydrogen) atoms. The molecule has 4 saturated carbocycles. The zero-order valence-corrected chi connectivity index (χ0v) is 21.7. The number of nitrogens with one attached hydrogen (secondary N) is 4. The maximum absolute atomic E-state index is 12.3. The van der Waals surface area contributed by atoms with Gasteiger partial charge in [-0.15, -0.1) is 0 Å². The SMILES string of the molecule is C[C@]12CCC(=NNC3=NCCN3)CC1CC[C@@H]1[C@H]2CC[C@]2(C)C(O)(C=NNC3=NCCN3)CC[C@@]12O.